The van der Waals surface area contributed by atoms with Gasteiger partial charge in [0, 0.05) is 18.2 Å². The lowest BCUT2D eigenvalue weighted by Crippen LogP contribution is -2.38. The average Bonchev–Trinajstić information content (AvgIpc) is 2.86. The summed E-state index contributed by atoms with van der Waals surface area (Å²) in [6.07, 6.45) is 4.57. The van der Waals surface area contributed by atoms with Crippen LogP contribution in [0.2, 0.25) is 0 Å². The van der Waals surface area contributed by atoms with Crippen molar-refractivity contribution in [3.05, 3.63) is 35.9 Å². The van der Waals surface area contributed by atoms with Gasteiger partial charge in [-0.1, -0.05) is 45.4 Å². The molecule has 1 saturated heterocycles. The molecule has 0 saturated carbocycles. The van der Waals surface area contributed by atoms with Crippen LogP contribution in [0, 0.1) is 5.41 Å². The Labute approximate surface area is 116 Å². The third-order valence-electron chi connectivity index (χ3n) is 4.40. The first-order valence-electron chi connectivity index (χ1n) is 7.39. The summed E-state index contributed by atoms with van der Waals surface area (Å²) in [6.45, 7) is 7.75. The fraction of sp³-hybridized carbons (Fsp3) is 0.588. The molecule has 2 heteroatoms. The van der Waals surface area contributed by atoms with Crippen molar-refractivity contribution in [3.8, 4) is 0 Å². The second kappa shape index (κ2) is 5.77. The van der Waals surface area contributed by atoms with E-state index in [1.54, 1.807) is 0 Å². The first-order chi connectivity index (χ1) is 9.03. The van der Waals surface area contributed by atoms with Gasteiger partial charge in [-0.3, -0.25) is 4.79 Å². The van der Waals surface area contributed by atoms with Crippen molar-refractivity contribution in [1.29, 1.82) is 0 Å². The maximum absolute atomic E-state index is 12.6. The number of amides is 1. The highest BCUT2D eigenvalue weighted by molar-refractivity contribution is 5.94. The Balaban J connectivity index is 2.09. The Morgan fingerprint density at radius 2 is 2.00 bits per heavy atom. The van der Waals surface area contributed by atoms with Crippen LogP contribution < -0.4 is 0 Å². The summed E-state index contributed by atoms with van der Waals surface area (Å²) in [5, 5.41) is 0. The molecule has 0 aromatic heterocycles. The van der Waals surface area contributed by atoms with Gasteiger partial charge in [0.15, 0.2) is 0 Å². The molecule has 104 valence electrons. The van der Waals surface area contributed by atoms with E-state index in [9.17, 15) is 4.79 Å². The average molecular weight is 259 g/mol. The molecular formula is C17H25NO. The number of hydrogen-bond donors (Lipinski definition) is 0. The Bertz CT molecular complexity index is 424. The van der Waals surface area contributed by atoms with Gasteiger partial charge in [0.05, 0.1) is 0 Å². The van der Waals surface area contributed by atoms with Gasteiger partial charge in [-0.05, 0) is 36.8 Å². The van der Waals surface area contributed by atoms with E-state index in [0.29, 0.717) is 11.5 Å². The molecule has 0 aliphatic carbocycles. The lowest BCUT2D eigenvalue weighted by molar-refractivity contribution is 0.0696. The van der Waals surface area contributed by atoms with Crippen molar-refractivity contribution in [2.24, 2.45) is 5.41 Å². The number of nitrogens with zero attached hydrogens (tertiary/aromatic N) is 1. The summed E-state index contributed by atoms with van der Waals surface area (Å²) in [5.41, 5.74) is 1.15. The van der Waals surface area contributed by atoms with Crippen molar-refractivity contribution in [1.82, 2.24) is 4.90 Å². The van der Waals surface area contributed by atoms with E-state index in [4.69, 9.17) is 0 Å². The molecule has 1 aromatic carbocycles. The minimum atomic E-state index is 0.204. The van der Waals surface area contributed by atoms with E-state index >= 15 is 0 Å². The van der Waals surface area contributed by atoms with E-state index in [1.165, 1.54) is 0 Å². The zero-order valence-corrected chi connectivity index (χ0v) is 12.4. The van der Waals surface area contributed by atoms with E-state index in [0.717, 1.165) is 37.8 Å². The Morgan fingerprint density at radius 1 is 1.32 bits per heavy atom. The van der Waals surface area contributed by atoms with Crippen molar-refractivity contribution in [3.63, 3.8) is 0 Å². The van der Waals surface area contributed by atoms with Gasteiger partial charge in [0.25, 0.3) is 5.91 Å². The van der Waals surface area contributed by atoms with Gasteiger partial charge in [-0.15, -0.1) is 0 Å². The molecule has 0 radical (unpaired) electrons. The lowest BCUT2D eigenvalue weighted by atomic mass is 9.82. The molecule has 1 atom stereocenters. The van der Waals surface area contributed by atoms with Crippen LogP contribution in [0.3, 0.4) is 0 Å². The number of rotatable bonds is 4. The number of carbonyl (C=O) groups is 1. The molecule has 0 N–H and O–H groups in total. The van der Waals surface area contributed by atoms with Crippen LogP contribution in [0.15, 0.2) is 30.3 Å². The predicted molar refractivity (Wildman–Crippen MR) is 79.2 cm³/mol. The highest BCUT2D eigenvalue weighted by atomic mass is 16.2. The Hall–Kier alpha value is -1.31. The largest absolute Gasteiger partial charge is 0.336 e. The maximum Gasteiger partial charge on any atom is 0.254 e. The predicted octanol–water partition coefficient (Wildman–Crippen LogP) is 4.12. The number of benzene rings is 1. The second-order valence-corrected chi connectivity index (χ2v) is 6.38. The molecule has 19 heavy (non-hydrogen) atoms. The van der Waals surface area contributed by atoms with Crippen LogP contribution in [-0.4, -0.2) is 23.4 Å². The molecule has 1 aromatic rings. The number of hydrogen-bond acceptors (Lipinski definition) is 1. The zero-order valence-electron chi connectivity index (χ0n) is 12.4. The monoisotopic (exact) mass is 259 g/mol. The SMILES string of the molecule is CCC(C)(C)CC1CCCN1C(=O)c1ccccc1. The zero-order chi connectivity index (χ0) is 13.9. The quantitative estimate of drug-likeness (QED) is 0.796. The van der Waals surface area contributed by atoms with Crippen molar-refractivity contribution >= 4 is 5.91 Å². The lowest BCUT2D eigenvalue weighted by Gasteiger charge is -2.32. The molecule has 0 spiro atoms. The molecule has 2 nitrogen and oxygen atoms in total. The normalized spacial score (nSPS) is 19.7. The van der Waals surface area contributed by atoms with Crippen LogP contribution in [0.4, 0.5) is 0 Å². The van der Waals surface area contributed by atoms with Crippen molar-refractivity contribution in [2.45, 2.75) is 52.5 Å². The summed E-state index contributed by atoms with van der Waals surface area (Å²) in [6, 6.07) is 10.1. The number of likely N-dealkylation sites (tertiary alicyclic amines) is 1. The van der Waals surface area contributed by atoms with Crippen molar-refractivity contribution < 1.29 is 4.79 Å². The summed E-state index contributed by atoms with van der Waals surface area (Å²) in [4.78, 5) is 14.6. The molecule has 0 bridgehead atoms. The second-order valence-electron chi connectivity index (χ2n) is 6.38. The van der Waals surface area contributed by atoms with Crippen LogP contribution in [-0.2, 0) is 0 Å². The minimum Gasteiger partial charge on any atom is -0.336 e. The third kappa shape index (κ3) is 3.37. The van der Waals surface area contributed by atoms with Gasteiger partial charge < -0.3 is 4.90 Å². The molecule has 1 fully saturated rings. The van der Waals surface area contributed by atoms with Gasteiger partial charge in [-0.2, -0.15) is 0 Å². The Kier molecular flexibility index (Phi) is 4.28. The van der Waals surface area contributed by atoms with Crippen molar-refractivity contribution in [2.75, 3.05) is 6.54 Å². The molecule has 1 amide bonds. The third-order valence-corrected chi connectivity index (χ3v) is 4.40. The van der Waals surface area contributed by atoms with Crippen LogP contribution in [0.25, 0.3) is 0 Å². The first-order valence-corrected chi connectivity index (χ1v) is 7.39. The Morgan fingerprint density at radius 3 is 2.63 bits per heavy atom. The standard InChI is InChI=1S/C17H25NO/c1-4-17(2,3)13-15-11-8-12-18(15)16(19)14-9-6-5-7-10-14/h5-7,9-10,15H,4,8,11-13H2,1-3H3. The summed E-state index contributed by atoms with van der Waals surface area (Å²) >= 11 is 0. The van der Waals surface area contributed by atoms with Crippen LogP contribution >= 0.6 is 0 Å². The van der Waals surface area contributed by atoms with Gasteiger partial charge in [0.1, 0.15) is 0 Å². The summed E-state index contributed by atoms with van der Waals surface area (Å²) in [7, 11) is 0. The molecule has 1 aliphatic heterocycles. The summed E-state index contributed by atoms with van der Waals surface area (Å²) < 4.78 is 0. The fourth-order valence-electron chi connectivity index (χ4n) is 2.84. The molecular weight excluding hydrogens is 234 g/mol. The topological polar surface area (TPSA) is 20.3 Å². The van der Waals surface area contributed by atoms with Gasteiger partial charge in [-0.25, -0.2) is 0 Å². The summed E-state index contributed by atoms with van der Waals surface area (Å²) in [5.74, 6) is 0.204. The highest BCUT2D eigenvalue weighted by Gasteiger charge is 2.33. The van der Waals surface area contributed by atoms with Crippen LogP contribution in [0.5, 0.6) is 0 Å². The van der Waals surface area contributed by atoms with E-state index in [-0.39, 0.29) is 5.91 Å². The smallest absolute Gasteiger partial charge is 0.254 e. The van der Waals surface area contributed by atoms with E-state index in [2.05, 4.69) is 25.7 Å². The highest BCUT2D eigenvalue weighted by Crippen LogP contribution is 2.33. The van der Waals surface area contributed by atoms with Gasteiger partial charge >= 0.3 is 0 Å². The van der Waals surface area contributed by atoms with E-state index < -0.39 is 0 Å². The molecule has 2 rings (SSSR count). The molecule has 1 aliphatic rings. The van der Waals surface area contributed by atoms with E-state index in [1.807, 2.05) is 30.3 Å². The fourth-order valence-corrected chi connectivity index (χ4v) is 2.84. The van der Waals surface area contributed by atoms with Gasteiger partial charge in [0.2, 0.25) is 0 Å². The minimum absolute atomic E-state index is 0.204. The molecule has 1 unspecified atom stereocenters. The maximum atomic E-state index is 12.6. The first kappa shape index (κ1) is 14.1. The van der Waals surface area contributed by atoms with Crippen LogP contribution in [0.1, 0.15) is 56.8 Å². The number of carbonyl (C=O) groups excluding carboxylic acids is 1. The molecule has 1 heterocycles.